The quantitative estimate of drug-likeness (QED) is 0.397. The number of carbonyl (C=O) groups excluding carboxylic acids is 1. The number of rotatable bonds is 6. The normalized spacial score (nSPS) is 16.7. The van der Waals surface area contributed by atoms with E-state index >= 15 is 0 Å². The van der Waals surface area contributed by atoms with Crippen LogP contribution in [0, 0.1) is 6.92 Å². The molecule has 0 unspecified atom stereocenters. The van der Waals surface area contributed by atoms with Gasteiger partial charge in [0.1, 0.15) is 0 Å². The van der Waals surface area contributed by atoms with Crippen molar-refractivity contribution < 1.29 is 14.7 Å². The molecule has 4 heterocycles. The van der Waals surface area contributed by atoms with E-state index in [1.807, 2.05) is 31.3 Å². The van der Waals surface area contributed by atoms with Crippen LogP contribution in [0.2, 0.25) is 0 Å². The maximum atomic E-state index is 11.8. The standard InChI is InChI=1S/C22H23N7O3/c1-13-15(9-28-11-17(31)12-32-28)10-29(27-13)21-5-6-23-22(26-21)25-16-3-4-20-18(7-16)19(8-24-20)14(2)30/h3-8,10,17,24,31H,9,11-12H2,1-2H3,(H,23,25,26)/t17-/m0/s1. The molecule has 10 nitrogen and oxygen atoms in total. The molecular formula is C22H23N7O3. The molecule has 164 valence electrons. The molecule has 1 saturated heterocycles. The minimum absolute atomic E-state index is 0.00495. The van der Waals surface area contributed by atoms with Gasteiger partial charge in [0.25, 0.3) is 0 Å². The molecule has 32 heavy (non-hydrogen) atoms. The zero-order chi connectivity index (χ0) is 22.2. The van der Waals surface area contributed by atoms with Crippen molar-refractivity contribution in [1.29, 1.82) is 0 Å². The number of ketones is 1. The summed E-state index contributed by atoms with van der Waals surface area (Å²) in [5.74, 6) is 1.04. The van der Waals surface area contributed by atoms with Crippen molar-refractivity contribution in [1.82, 2.24) is 29.8 Å². The van der Waals surface area contributed by atoms with Crippen molar-refractivity contribution in [3.63, 3.8) is 0 Å². The number of anilines is 2. The van der Waals surface area contributed by atoms with Gasteiger partial charge in [-0.3, -0.25) is 9.63 Å². The number of β-amino-alcohol motifs (C(OH)–C–C–N with tert-alkyl or cyclic N) is 1. The number of H-pyrrole nitrogens is 1. The Balaban J connectivity index is 1.37. The Morgan fingerprint density at radius 1 is 1.38 bits per heavy atom. The van der Waals surface area contributed by atoms with Gasteiger partial charge in [0.15, 0.2) is 11.6 Å². The number of hydrogen-bond acceptors (Lipinski definition) is 8. The number of hydrogen-bond donors (Lipinski definition) is 3. The second-order valence-corrected chi connectivity index (χ2v) is 7.84. The molecule has 0 radical (unpaired) electrons. The molecule has 0 aliphatic carbocycles. The summed E-state index contributed by atoms with van der Waals surface area (Å²) in [7, 11) is 0. The second kappa shape index (κ2) is 8.15. The van der Waals surface area contributed by atoms with E-state index in [1.165, 1.54) is 0 Å². The van der Waals surface area contributed by atoms with Gasteiger partial charge in [0.2, 0.25) is 5.95 Å². The van der Waals surface area contributed by atoms with Crippen molar-refractivity contribution in [2.75, 3.05) is 18.5 Å². The lowest BCUT2D eigenvalue weighted by Crippen LogP contribution is -2.20. The lowest BCUT2D eigenvalue weighted by molar-refractivity contribution is -0.118. The lowest BCUT2D eigenvalue weighted by Gasteiger charge is -2.12. The highest BCUT2D eigenvalue weighted by atomic mass is 16.7. The number of Topliss-reactive ketones (excluding diaryl/α,β-unsaturated/α-hetero) is 1. The van der Waals surface area contributed by atoms with Crippen LogP contribution in [0.4, 0.5) is 11.6 Å². The van der Waals surface area contributed by atoms with E-state index in [0.29, 0.717) is 37.0 Å². The number of carbonyl (C=O) groups is 1. The minimum atomic E-state index is -0.460. The van der Waals surface area contributed by atoms with Crippen LogP contribution in [-0.2, 0) is 11.4 Å². The second-order valence-electron chi connectivity index (χ2n) is 7.84. The maximum Gasteiger partial charge on any atom is 0.229 e. The number of aromatic amines is 1. The van der Waals surface area contributed by atoms with Crippen molar-refractivity contribution in [2.45, 2.75) is 26.5 Å². The molecule has 0 spiro atoms. The molecule has 0 saturated carbocycles. The van der Waals surface area contributed by atoms with Crippen molar-refractivity contribution >= 4 is 28.3 Å². The van der Waals surface area contributed by atoms with Gasteiger partial charge < -0.3 is 15.4 Å². The molecule has 5 rings (SSSR count). The monoisotopic (exact) mass is 433 g/mol. The molecule has 1 fully saturated rings. The van der Waals surface area contributed by atoms with Crippen LogP contribution in [0.5, 0.6) is 0 Å². The van der Waals surface area contributed by atoms with E-state index in [1.54, 1.807) is 35.1 Å². The zero-order valence-corrected chi connectivity index (χ0v) is 17.7. The number of hydroxylamine groups is 2. The van der Waals surface area contributed by atoms with E-state index in [4.69, 9.17) is 4.84 Å². The topological polar surface area (TPSA) is 121 Å². The molecule has 0 bridgehead atoms. The molecule has 1 aliphatic rings. The molecule has 1 atom stereocenters. The van der Waals surface area contributed by atoms with Crippen LogP contribution in [0.3, 0.4) is 0 Å². The van der Waals surface area contributed by atoms with E-state index in [9.17, 15) is 9.90 Å². The first-order valence-electron chi connectivity index (χ1n) is 10.3. The fraction of sp³-hybridized carbons (Fsp3) is 0.273. The van der Waals surface area contributed by atoms with Crippen LogP contribution in [0.25, 0.3) is 16.7 Å². The van der Waals surface area contributed by atoms with Gasteiger partial charge in [-0.1, -0.05) is 0 Å². The number of fused-ring (bicyclic) bond motifs is 1. The summed E-state index contributed by atoms with van der Waals surface area (Å²) in [6, 6.07) is 7.49. The molecule has 3 aromatic heterocycles. The van der Waals surface area contributed by atoms with Crippen molar-refractivity contribution in [2.24, 2.45) is 0 Å². The van der Waals surface area contributed by atoms with Gasteiger partial charge in [-0.15, -0.1) is 0 Å². The van der Waals surface area contributed by atoms with Crippen LogP contribution in [-0.4, -0.2) is 59.9 Å². The SMILES string of the molecule is CC(=O)c1c[nH]c2ccc(Nc3nccc(-n4cc(CN5C[C@H](O)CO5)c(C)n4)n3)cc12. The summed E-state index contributed by atoms with van der Waals surface area (Å²) >= 11 is 0. The molecular weight excluding hydrogens is 410 g/mol. The van der Waals surface area contributed by atoms with Crippen LogP contribution in [0.15, 0.2) is 42.9 Å². The van der Waals surface area contributed by atoms with Gasteiger partial charge in [-0.25, -0.2) is 9.67 Å². The molecule has 3 N–H and O–H groups in total. The summed E-state index contributed by atoms with van der Waals surface area (Å²) in [4.78, 5) is 29.3. The highest BCUT2D eigenvalue weighted by molar-refractivity contribution is 6.07. The Labute approximate surface area is 183 Å². The fourth-order valence-electron chi connectivity index (χ4n) is 3.76. The Kier molecular flexibility index (Phi) is 5.17. The minimum Gasteiger partial charge on any atom is -0.389 e. The molecule has 1 aliphatic heterocycles. The summed E-state index contributed by atoms with van der Waals surface area (Å²) in [5.41, 5.74) is 4.16. The number of aromatic nitrogens is 5. The largest absolute Gasteiger partial charge is 0.389 e. The summed E-state index contributed by atoms with van der Waals surface area (Å²) in [6.45, 7) is 4.80. The van der Waals surface area contributed by atoms with Crippen LogP contribution < -0.4 is 5.32 Å². The first-order valence-corrected chi connectivity index (χ1v) is 10.3. The smallest absolute Gasteiger partial charge is 0.229 e. The number of nitrogens with one attached hydrogen (secondary N) is 2. The summed E-state index contributed by atoms with van der Waals surface area (Å²) in [5, 5.41) is 20.0. The lowest BCUT2D eigenvalue weighted by atomic mass is 10.1. The van der Waals surface area contributed by atoms with E-state index < -0.39 is 6.10 Å². The highest BCUT2D eigenvalue weighted by Gasteiger charge is 2.23. The first kappa shape index (κ1) is 20.3. The van der Waals surface area contributed by atoms with E-state index in [2.05, 4.69) is 25.4 Å². The summed E-state index contributed by atoms with van der Waals surface area (Å²) in [6.07, 6.45) is 4.83. The van der Waals surface area contributed by atoms with Gasteiger partial charge in [-0.05, 0) is 32.0 Å². The molecule has 0 amide bonds. The van der Waals surface area contributed by atoms with E-state index in [0.717, 1.165) is 27.8 Å². The van der Waals surface area contributed by atoms with Gasteiger partial charge in [0.05, 0.1) is 31.5 Å². The zero-order valence-electron chi connectivity index (χ0n) is 17.7. The third-order valence-corrected chi connectivity index (χ3v) is 5.40. The first-order chi connectivity index (χ1) is 15.5. The summed E-state index contributed by atoms with van der Waals surface area (Å²) < 4.78 is 1.70. The third-order valence-electron chi connectivity index (χ3n) is 5.40. The molecule has 4 aromatic rings. The van der Waals surface area contributed by atoms with Crippen LogP contribution in [0.1, 0.15) is 28.5 Å². The van der Waals surface area contributed by atoms with Gasteiger partial charge in [0, 0.05) is 52.4 Å². The number of aryl methyl sites for hydroxylation is 1. The van der Waals surface area contributed by atoms with E-state index in [-0.39, 0.29) is 5.78 Å². The average Bonchev–Trinajstić information content (AvgIpc) is 3.47. The van der Waals surface area contributed by atoms with Crippen LogP contribution >= 0.6 is 0 Å². The van der Waals surface area contributed by atoms with Crippen molar-refractivity contribution in [3.8, 4) is 5.82 Å². The maximum absolute atomic E-state index is 11.8. The Bertz CT molecular complexity index is 1300. The Hall–Kier alpha value is -3.60. The van der Waals surface area contributed by atoms with Gasteiger partial charge >= 0.3 is 0 Å². The predicted molar refractivity (Wildman–Crippen MR) is 118 cm³/mol. The number of aliphatic hydroxyl groups excluding tert-OH is 1. The average molecular weight is 433 g/mol. The van der Waals surface area contributed by atoms with Gasteiger partial charge in [-0.2, -0.15) is 15.1 Å². The number of nitrogens with zero attached hydrogens (tertiary/aromatic N) is 5. The Morgan fingerprint density at radius 3 is 3.03 bits per heavy atom. The Morgan fingerprint density at radius 2 is 2.25 bits per heavy atom. The molecule has 10 heteroatoms. The number of benzene rings is 1. The predicted octanol–water partition coefficient (Wildman–Crippen LogP) is 2.51. The fourth-order valence-corrected chi connectivity index (χ4v) is 3.76. The highest BCUT2D eigenvalue weighted by Crippen LogP contribution is 2.24. The van der Waals surface area contributed by atoms with Crippen molar-refractivity contribution in [3.05, 3.63) is 59.7 Å². The number of aliphatic hydroxyl groups is 1. The third kappa shape index (κ3) is 3.98. The molecule has 1 aromatic carbocycles.